The van der Waals surface area contributed by atoms with Gasteiger partial charge in [0.25, 0.3) is 0 Å². The van der Waals surface area contributed by atoms with E-state index in [-0.39, 0.29) is 0 Å². The minimum absolute atomic E-state index is 0.706. The number of benzene rings is 1. The van der Waals surface area contributed by atoms with Crippen molar-refractivity contribution in [2.45, 2.75) is 25.4 Å². The van der Waals surface area contributed by atoms with Gasteiger partial charge in [-0.25, -0.2) is 0 Å². The topological polar surface area (TPSA) is 32.5 Å². The Labute approximate surface area is 96.8 Å². The van der Waals surface area contributed by atoms with Crippen LogP contribution in [-0.2, 0) is 0 Å². The Morgan fingerprint density at radius 2 is 2.06 bits per heavy atom. The minimum atomic E-state index is 0.706. The summed E-state index contributed by atoms with van der Waals surface area (Å²) >= 11 is 0. The lowest BCUT2D eigenvalue weighted by Crippen LogP contribution is -2.44. The second-order valence-corrected chi connectivity index (χ2v) is 5.18. The molecule has 3 heteroatoms. The van der Waals surface area contributed by atoms with Gasteiger partial charge in [0, 0.05) is 36.5 Å². The van der Waals surface area contributed by atoms with Crippen LogP contribution in [0, 0.1) is 6.92 Å². The zero-order valence-corrected chi connectivity index (χ0v) is 9.98. The van der Waals surface area contributed by atoms with Gasteiger partial charge in [0.05, 0.1) is 0 Å². The fourth-order valence-corrected chi connectivity index (χ4v) is 3.16. The van der Waals surface area contributed by atoms with Crippen molar-refractivity contribution in [3.05, 3.63) is 23.8 Å². The number of nitrogen functional groups attached to an aromatic ring is 1. The molecule has 1 aromatic rings. The van der Waals surface area contributed by atoms with Crippen LogP contribution in [0.2, 0.25) is 0 Å². The monoisotopic (exact) mass is 217 g/mol. The number of likely N-dealkylation sites (tertiary alicyclic amines) is 1. The first-order valence-electron chi connectivity index (χ1n) is 5.98. The smallest absolute Gasteiger partial charge is 0.0433 e. The number of nitrogens with zero attached hydrogens (tertiary/aromatic N) is 2. The number of hydrogen-bond donors (Lipinski definition) is 1. The predicted molar refractivity (Wildman–Crippen MR) is 67.8 cm³/mol. The van der Waals surface area contributed by atoms with Crippen molar-refractivity contribution < 1.29 is 0 Å². The van der Waals surface area contributed by atoms with Gasteiger partial charge >= 0.3 is 0 Å². The molecule has 0 unspecified atom stereocenters. The molecule has 2 saturated heterocycles. The molecule has 3 nitrogen and oxygen atoms in total. The summed E-state index contributed by atoms with van der Waals surface area (Å²) in [4.78, 5) is 5.03. The van der Waals surface area contributed by atoms with Crippen LogP contribution < -0.4 is 10.6 Å². The fourth-order valence-electron chi connectivity index (χ4n) is 3.16. The van der Waals surface area contributed by atoms with Crippen LogP contribution in [0.25, 0.3) is 0 Å². The van der Waals surface area contributed by atoms with E-state index in [0.29, 0.717) is 6.04 Å². The lowest BCUT2D eigenvalue weighted by atomic mass is 10.1. The van der Waals surface area contributed by atoms with Gasteiger partial charge in [0.15, 0.2) is 0 Å². The molecule has 3 rings (SSSR count). The number of likely N-dealkylation sites (N-methyl/N-ethyl adjacent to an activating group) is 1. The maximum absolute atomic E-state index is 5.80. The maximum atomic E-state index is 5.80. The van der Waals surface area contributed by atoms with Crippen LogP contribution >= 0.6 is 0 Å². The van der Waals surface area contributed by atoms with Crippen molar-refractivity contribution >= 4 is 11.4 Å². The van der Waals surface area contributed by atoms with Crippen molar-refractivity contribution in [2.75, 3.05) is 30.8 Å². The third-order valence-corrected chi connectivity index (χ3v) is 4.04. The molecular weight excluding hydrogens is 198 g/mol. The Morgan fingerprint density at radius 1 is 1.25 bits per heavy atom. The lowest BCUT2D eigenvalue weighted by molar-refractivity contribution is 0.292. The Hall–Kier alpha value is -1.22. The minimum Gasteiger partial charge on any atom is -0.399 e. The Balaban J connectivity index is 1.89. The Kier molecular flexibility index (Phi) is 2.11. The maximum Gasteiger partial charge on any atom is 0.0433 e. The number of nitrogens with two attached hydrogens (primary N) is 1. The van der Waals surface area contributed by atoms with Crippen LogP contribution in [-0.4, -0.2) is 37.1 Å². The molecule has 0 saturated carbocycles. The largest absolute Gasteiger partial charge is 0.399 e. The van der Waals surface area contributed by atoms with E-state index in [1.54, 1.807) is 0 Å². The molecule has 0 aliphatic carbocycles. The van der Waals surface area contributed by atoms with E-state index in [4.69, 9.17) is 5.73 Å². The molecular formula is C13H19N3. The molecule has 1 aromatic carbocycles. The second kappa shape index (κ2) is 3.39. The van der Waals surface area contributed by atoms with E-state index >= 15 is 0 Å². The average Bonchev–Trinajstić information content (AvgIpc) is 2.76. The van der Waals surface area contributed by atoms with Gasteiger partial charge < -0.3 is 10.6 Å². The molecule has 2 aliphatic rings. The quantitative estimate of drug-likeness (QED) is 0.723. The Bertz CT molecular complexity index is 414. The molecule has 2 fully saturated rings. The summed E-state index contributed by atoms with van der Waals surface area (Å²) in [6.45, 7) is 4.53. The van der Waals surface area contributed by atoms with E-state index < -0.39 is 0 Å². The van der Waals surface area contributed by atoms with Crippen LogP contribution in [0.5, 0.6) is 0 Å². The number of aryl methyl sites for hydroxylation is 1. The number of rotatable bonds is 1. The summed E-state index contributed by atoms with van der Waals surface area (Å²) in [5.41, 5.74) is 9.33. The van der Waals surface area contributed by atoms with Crippen molar-refractivity contribution in [2.24, 2.45) is 0 Å². The molecule has 0 amide bonds. The number of fused-ring (bicyclic) bond motifs is 2. The molecule has 2 atom stereocenters. The third-order valence-electron chi connectivity index (χ3n) is 4.04. The van der Waals surface area contributed by atoms with Crippen molar-refractivity contribution in [1.82, 2.24) is 4.90 Å². The molecule has 86 valence electrons. The molecule has 2 bridgehead atoms. The molecule has 0 aromatic heterocycles. The highest BCUT2D eigenvalue weighted by Gasteiger charge is 2.41. The highest BCUT2D eigenvalue weighted by atomic mass is 15.3. The third kappa shape index (κ3) is 1.39. The fraction of sp³-hybridized carbons (Fsp3) is 0.538. The van der Waals surface area contributed by atoms with Gasteiger partial charge in [-0.1, -0.05) is 0 Å². The van der Waals surface area contributed by atoms with E-state index in [9.17, 15) is 0 Å². The molecule has 0 spiro atoms. The van der Waals surface area contributed by atoms with E-state index in [2.05, 4.69) is 35.9 Å². The second-order valence-electron chi connectivity index (χ2n) is 5.18. The molecule has 16 heavy (non-hydrogen) atoms. The summed E-state index contributed by atoms with van der Waals surface area (Å²) in [5.74, 6) is 0. The van der Waals surface area contributed by atoms with Gasteiger partial charge in [-0.2, -0.15) is 0 Å². The van der Waals surface area contributed by atoms with Crippen LogP contribution in [0.15, 0.2) is 18.2 Å². The van der Waals surface area contributed by atoms with Gasteiger partial charge in [-0.15, -0.1) is 0 Å². The summed E-state index contributed by atoms with van der Waals surface area (Å²) < 4.78 is 0. The number of piperazine rings is 1. The van der Waals surface area contributed by atoms with Crippen LogP contribution in [0.4, 0.5) is 11.4 Å². The molecule has 2 aliphatic heterocycles. The highest BCUT2D eigenvalue weighted by Crippen LogP contribution is 2.35. The van der Waals surface area contributed by atoms with Crippen LogP contribution in [0.1, 0.15) is 12.0 Å². The molecule has 0 radical (unpaired) electrons. The first-order valence-corrected chi connectivity index (χ1v) is 5.98. The van der Waals surface area contributed by atoms with Crippen molar-refractivity contribution in [3.8, 4) is 0 Å². The van der Waals surface area contributed by atoms with E-state index in [0.717, 1.165) is 11.7 Å². The van der Waals surface area contributed by atoms with Gasteiger partial charge in [-0.3, -0.25) is 4.90 Å². The summed E-state index contributed by atoms with van der Waals surface area (Å²) in [6.07, 6.45) is 1.32. The lowest BCUT2D eigenvalue weighted by Gasteiger charge is -2.34. The van der Waals surface area contributed by atoms with E-state index in [1.165, 1.54) is 30.8 Å². The number of hydrogen-bond acceptors (Lipinski definition) is 3. The summed E-state index contributed by atoms with van der Waals surface area (Å²) in [5, 5.41) is 0. The SMILES string of the molecule is Cc1cc(N)ccc1N1C[C@@H]2C[C@H]1CN2C. The van der Waals surface area contributed by atoms with E-state index in [1.807, 2.05) is 6.07 Å². The van der Waals surface area contributed by atoms with Crippen LogP contribution in [0.3, 0.4) is 0 Å². The zero-order chi connectivity index (χ0) is 11.3. The molecule has 2 heterocycles. The van der Waals surface area contributed by atoms with Gasteiger partial charge in [-0.05, 0) is 44.2 Å². The van der Waals surface area contributed by atoms with Gasteiger partial charge in [0.1, 0.15) is 0 Å². The predicted octanol–water partition coefficient (Wildman–Crippen LogP) is 1.47. The number of anilines is 2. The van der Waals surface area contributed by atoms with Gasteiger partial charge in [0.2, 0.25) is 0 Å². The Morgan fingerprint density at radius 3 is 2.62 bits per heavy atom. The summed E-state index contributed by atoms with van der Waals surface area (Å²) in [7, 11) is 2.23. The van der Waals surface area contributed by atoms with Crippen molar-refractivity contribution in [3.63, 3.8) is 0 Å². The standard InChI is InChI=1S/C13H19N3/c1-9-5-10(14)3-4-13(9)16-8-11-6-12(16)7-15(11)2/h3-5,11-12H,6-8,14H2,1-2H3/t11-,12-/m0/s1. The first-order chi connectivity index (χ1) is 7.65. The normalized spacial score (nSPS) is 29.0. The first kappa shape index (κ1) is 9.97. The summed E-state index contributed by atoms with van der Waals surface area (Å²) in [6, 6.07) is 7.72. The van der Waals surface area contributed by atoms with Crippen molar-refractivity contribution in [1.29, 1.82) is 0 Å². The average molecular weight is 217 g/mol. The zero-order valence-electron chi connectivity index (χ0n) is 9.98. The highest BCUT2D eigenvalue weighted by molar-refractivity contribution is 5.60. The molecule has 2 N–H and O–H groups in total.